The lowest BCUT2D eigenvalue weighted by Gasteiger charge is -2.31. The maximum absolute atomic E-state index is 5.88. The molecule has 0 aliphatic rings. The number of nitrogens with one attached hydrogen (secondary N) is 1. The zero-order valence-electron chi connectivity index (χ0n) is 12.4. The lowest BCUT2D eigenvalue weighted by atomic mass is 9.87. The summed E-state index contributed by atoms with van der Waals surface area (Å²) in [5, 5.41) is 3.49. The zero-order chi connectivity index (χ0) is 13.6. The summed E-state index contributed by atoms with van der Waals surface area (Å²) in [5.41, 5.74) is 1.56. The Morgan fingerprint density at radius 1 is 1.11 bits per heavy atom. The summed E-state index contributed by atoms with van der Waals surface area (Å²) in [6.45, 7) is 12.7. The highest BCUT2D eigenvalue weighted by Gasteiger charge is 2.24. The van der Waals surface area contributed by atoms with Gasteiger partial charge in [0.15, 0.2) is 0 Å². The highest BCUT2D eigenvalue weighted by atomic mass is 16.5. The van der Waals surface area contributed by atoms with Crippen molar-refractivity contribution in [1.29, 1.82) is 0 Å². The minimum Gasteiger partial charge on any atom is -0.492 e. The van der Waals surface area contributed by atoms with Crippen molar-refractivity contribution in [1.82, 2.24) is 5.32 Å². The lowest BCUT2D eigenvalue weighted by Crippen LogP contribution is -2.44. The van der Waals surface area contributed by atoms with Crippen LogP contribution in [0, 0.1) is 5.41 Å². The molecule has 0 aliphatic carbocycles. The van der Waals surface area contributed by atoms with Crippen LogP contribution < -0.4 is 10.1 Å². The van der Waals surface area contributed by atoms with E-state index < -0.39 is 0 Å². The minimum absolute atomic E-state index is 0.208. The van der Waals surface area contributed by atoms with Crippen molar-refractivity contribution in [2.24, 2.45) is 5.41 Å². The van der Waals surface area contributed by atoms with E-state index in [1.165, 1.54) is 5.56 Å². The van der Waals surface area contributed by atoms with Gasteiger partial charge in [-0.2, -0.15) is 0 Å². The average molecular weight is 249 g/mol. The summed E-state index contributed by atoms with van der Waals surface area (Å²) in [6, 6.07) is 8.76. The number of benzene rings is 1. The monoisotopic (exact) mass is 249 g/mol. The average Bonchev–Trinajstić information content (AvgIpc) is 2.33. The first-order valence-electron chi connectivity index (χ1n) is 6.92. The van der Waals surface area contributed by atoms with Crippen LogP contribution in [0.25, 0.3) is 0 Å². The van der Waals surface area contributed by atoms with Crippen LogP contribution in [0.1, 0.15) is 40.2 Å². The second kappa shape index (κ2) is 6.79. The summed E-state index contributed by atoms with van der Waals surface area (Å²) in [6.07, 6.45) is 1.07. The van der Waals surface area contributed by atoms with Gasteiger partial charge in [-0.25, -0.2) is 0 Å². The van der Waals surface area contributed by atoms with Crippen molar-refractivity contribution in [2.45, 2.75) is 47.1 Å². The van der Waals surface area contributed by atoms with Crippen LogP contribution in [0.15, 0.2) is 24.3 Å². The van der Waals surface area contributed by atoms with E-state index in [-0.39, 0.29) is 5.41 Å². The quantitative estimate of drug-likeness (QED) is 0.831. The van der Waals surface area contributed by atoms with Crippen LogP contribution in [0.4, 0.5) is 0 Å². The van der Waals surface area contributed by atoms with E-state index in [2.05, 4.69) is 64.2 Å². The first-order chi connectivity index (χ1) is 8.47. The third-order valence-corrected chi connectivity index (χ3v) is 3.24. The molecule has 0 aliphatic heterocycles. The van der Waals surface area contributed by atoms with Crippen LogP contribution in [-0.2, 0) is 6.42 Å². The number of likely N-dealkylation sites (N-methyl/N-ethyl adjacent to an activating group) is 1. The SMILES string of the molecule is CCNC(COc1ccc(CC)cc1)C(C)(C)C. The van der Waals surface area contributed by atoms with Gasteiger partial charge in [0.05, 0.1) is 0 Å². The molecular formula is C16H27NO. The van der Waals surface area contributed by atoms with Gasteiger partial charge in [-0.15, -0.1) is 0 Å². The van der Waals surface area contributed by atoms with Gasteiger partial charge in [0, 0.05) is 6.04 Å². The van der Waals surface area contributed by atoms with Gasteiger partial charge < -0.3 is 10.1 Å². The molecule has 0 fully saturated rings. The second-order valence-corrected chi connectivity index (χ2v) is 5.78. The molecule has 0 saturated heterocycles. The van der Waals surface area contributed by atoms with Crippen molar-refractivity contribution in [3.05, 3.63) is 29.8 Å². The predicted molar refractivity (Wildman–Crippen MR) is 78.2 cm³/mol. The molecule has 0 heterocycles. The Morgan fingerprint density at radius 2 is 1.72 bits per heavy atom. The number of rotatable bonds is 6. The number of hydrogen-bond acceptors (Lipinski definition) is 2. The third-order valence-electron chi connectivity index (χ3n) is 3.24. The van der Waals surface area contributed by atoms with Crippen LogP contribution in [0.5, 0.6) is 5.75 Å². The molecule has 0 bridgehead atoms. The minimum atomic E-state index is 0.208. The number of aryl methyl sites for hydroxylation is 1. The van der Waals surface area contributed by atoms with E-state index >= 15 is 0 Å². The molecule has 0 saturated carbocycles. The molecule has 1 aromatic rings. The van der Waals surface area contributed by atoms with Crippen LogP contribution in [0.2, 0.25) is 0 Å². The second-order valence-electron chi connectivity index (χ2n) is 5.78. The van der Waals surface area contributed by atoms with Gasteiger partial charge in [-0.3, -0.25) is 0 Å². The van der Waals surface area contributed by atoms with E-state index in [0.717, 1.165) is 18.7 Å². The summed E-state index contributed by atoms with van der Waals surface area (Å²) in [5.74, 6) is 0.958. The highest BCUT2D eigenvalue weighted by Crippen LogP contribution is 2.21. The van der Waals surface area contributed by atoms with Crippen molar-refractivity contribution in [3.8, 4) is 5.75 Å². The summed E-state index contributed by atoms with van der Waals surface area (Å²) in [7, 11) is 0. The zero-order valence-corrected chi connectivity index (χ0v) is 12.4. The summed E-state index contributed by atoms with van der Waals surface area (Å²) >= 11 is 0. The Hall–Kier alpha value is -1.02. The number of ether oxygens (including phenoxy) is 1. The Balaban J connectivity index is 2.55. The molecule has 0 aromatic heterocycles. The smallest absolute Gasteiger partial charge is 0.119 e. The first-order valence-corrected chi connectivity index (χ1v) is 6.92. The Kier molecular flexibility index (Phi) is 5.67. The topological polar surface area (TPSA) is 21.3 Å². The molecule has 18 heavy (non-hydrogen) atoms. The normalized spacial score (nSPS) is 13.4. The van der Waals surface area contributed by atoms with E-state index in [0.29, 0.717) is 12.6 Å². The molecular weight excluding hydrogens is 222 g/mol. The van der Waals surface area contributed by atoms with Crippen LogP contribution in [-0.4, -0.2) is 19.2 Å². The van der Waals surface area contributed by atoms with Gasteiger partial charge in [0.2, 0.25) is 0 Å². The summed E-state index contributed by atoms with van der Waals surface area (Å²) < 4.78 is 5.88. The van der Waals surface area contributed by atoms with E-state index in [4.69, 9.17) is 4.74 Å². The van der Waals surface area contributed by atoms with Gasteiger partial charge in [0.25, 0.3) is 0 Å². The molecule has 2 heteroatoms. The molecule has 2 nitrogen and oxygen atoms in total. The largest absolute Gasteiger partial charge is 0.492 e. The standard InChI is InChI=1S/C16H27NO/c1-6-13-8-10-14(11-9-13)18-12-15(17-7-2)16(3,4)5/h8-11,15,17H,6-7,12H2,1-5H3. The fraction of sp³-hybridized carbons (Fsp3) is 0.625. The van der Waals surface area contributed by atoms with Gasteiger partial charge in [-0.05, 0) is 36.1 Å². The maximum atomic E-state index is 5.88. The molecule has 1 rings (SSSR count). The molecule has 1 atom stereocenters. The van der Waals surface area contributed by atoms with E-state index in [1.54, 1.807) is 0 Å². The van der Waals surface area contributed by atoms with Gasteiger partial charge in [-0.1, -0.05) is 46.8 Å². The molecule has 102 valence electrons. The van der Waals surface area contributed by atoms with Crippen LogP contribution >= 0.6 is 0 Å². The maximum Gasteiger partial charge on any atom is 0.119 e. The van der Waals surface area contributed by atoms with E-state index in [1.807, 2.05) is 0 Å². The highest BCUT2D eigenvalue weighted by molar-refractivity contribution is 5.27. The fourth-order valence-corrected chi connectivity index (χ4v) is 1.86. The molecule has 0 amide bonds. The van der Waals surface area contributed by atoms with Crippen molar-refractivity contribution < 1.29 is 4.74 Å². The molecule has 1 unspecified atom stereocenters. The van der Waals surface area contributed by atoms with Crippen molar-refractivity contribution in [3.63, 3.8) is 0 Å². The van der Waals surface area contributed by atoms with Crippen LogP contribution in [0.3, 0.4) is 0 Å². The Labute approximate surface area is 112 Å². The molecule has 0 spiro atoms. The van der Waals surface area contributed by atoms with Crippen molar-refractivity contribution in [2.75, 3.05) is 13.2 Å². The lowest BCUT2D eigenvalue weighted by molar-refractivity contribution is 0.176. The van der Waals surface area contributed by atoms with Crippen molar-refractivity contribution >= 4 is 0 Å². The molecule has 1 aromatic carbocycles. The van der Waals surface area contributed by atoms with E-state index in [9.17, 15) is 0 Å². The number of hydrogen-bond donors (Lipinski definition) is 1. The first kappa shape index (κ1) is 15.0. The molecule has 0 radical (unpaired) electrons. The molecule has 1 N–H and O–H groups in total. The van der Waals surface area contributed by atoms with Gasteiger partial charge >= 0.3 is 0 Å². The Morgan fingerprint density at radius 3 is 2.17 bits per heavy atom. The Bertz CT molecular complexity index is 337. The predicted octanol–water partition coefficient (Wildman–Crippen LogP) is 3.65. The third kappa shape index (κ3) is 4.69. The summed E-state index contributed by atoms with van der Waals surface area (Å²) in [4.78, 5) is 0. The fourth-order valence-electron chi connectivity index (χ4n) is 1.86. The van der Waals surface area contributed by atoms with Gasteiger partial charge in [0.1, 0.15) is 12.4 Å².